The number of benzene rings is 21. The fourth-order valence-electron chi connectivity index (χ4n) is 21.4. The highest BCUT2D eigenvalue weighted by molar-refractivity contribution is 7.28. The molecule has 0 aliphatic carbocycles. The van der Waals surface area contributed by atoms with E-state index in [0.29, 0.717) is 17.8 Å². The van der Waals surface area contributed by atoms with Crippen LogP contribution in [0.15, 0.2) is 431 Å². The molecule has 134 heavy (non-hydrogen) atoms. The molecule has 0 saturated heterocycles. The second kappa shape index (κ2) is 30.3. The quantitative estimate of drug-likeness (QED) is 0.158. The molecule has 30 aromatic rings. The monoisotopic (exact) mass is 1760 g/mol. The second-order valence-electron chi connectivity index (χ2n) is 34.5. The van der Waals surface area contributed by atoms with Crippen molar-refractivity contribution in [3.05, 3.63) is 431 Å². The number of rotatable bonds is 7. The van der Waals surface area contributed by atoms with Crippen molar-refractivity contribution in [3.8, 4) is 62.7 Å². The van der Waals surface area contributed by atoms with Crippen LogP contribution in [0.5, 0.6) is 0 Å². The van der Waals surface area contributed by atoms with E-state index in [2.05, 4.69) is 444 Å². The standard InChI is InChI=1S/C42H25N3S.2C40H23N3S/c1-2-13-26(14-3-1)27-15-12-16-28(25-27)39-31-19-6-9-22-34(31)43-42(44-39)45-35-23-10-7-20-32(35)38-40(45)30-18-5-4-17-29(30)37-33-21-8-11-24-36(33)46-41(37)38;1-2-14-25-24(12-1)13-11-20-27(25)37-29-17-5-8-21-32(29)41-40(42-37)43-33-22-9-6-18-30(33)36-38(43)28-16-4-3-15-26(28)35-31-19-7-10-23-34(31)44-39(35)36;1-2-12-25-23-26(22-21-24(25)11-1)37-29-15-5-8-18-32(29)41-40(42-37)43-33-19-9-6-16-30(33)36-38(43)28-14-4-3-13-27(28)35-31-17-7-10-20-34(31)44-39(35)36/h1-25H;2*1-23H. The van der Waals surface area contributed by atoms with Crippen molar-refractivity contribution in [1.82, 2.24) is 43.6 Å². The van der Waals surface area contributed by atoms with E-state index < -0.39 is 0 Å². The topological polar surface area (TPSA) is 92.1 Å². The van der Waals surface area contributed by atoms with Gasteiger partial charge < -0.3 is 0 Å². The van der Waals surface area contributed by atoms with E-state index in [1.807, 2.05) is 34.0 Å². The zero-order chi connectivity index (χ0) is 87.7. The van der Waals surface area contributed by atoms with Gasteiger partial charge in [-0.15, -0.1) is 34.0 Å². The van der Waals surface area contributed by atoms with E-state index in [1.54, 1.807) is 0 Å². The van der Waals surface area contributed by atoms with Crippen LogP contribution in [0.4, 0.5) is 0 Å². The third-order valence-corrected chi connectivity index (χ3v) is 30.7. The minimum absolute atomic E-state index is 0.677. The van der Waals surface area contributed by atoms with Crippen molar-refractivity contribution in [2.75, 3.05) is 0 Å². The summed E-state index contributed by atoms with van der Waals surface area (Å²) in [5, 5.41) is 30.6. The van der Waals surface area contributed by atoms with E-state index in [9.17, 15) is 0 Å². The van der Waals surface area contributed by atoms with Crippen LogP contribution in [0.1, 0.15) is 0 Å². The first kappa shape index (κ1) is 75.9. The molecular weight excluding hydrogens is 1690 g/mol. The lowest BCUT2D eigenvalue weighted by Crippen LogP contribution is -2.04. The minimum atomic E-state index is 0.677. The zero-order valence-corrected chi connectivity index (χ0v) is 74.2. The van der Waals surface area contributed by atoms with Crippen LogP contribution >= 0.6 is 34.0 Å². The number of nitrogens with zero attached hydrogens (tertiary/aromatic N) is 9. The lowest BCUT2D eigenvalue weighted by molar-refractivity contribution is 1.02. The molecular formula is C122H71N9S3. The lowest BCUT2D eigenvalue weighted by atomic mass is 9.99. The van der Waals surface area contributed by atoms with Crippen molar-refractivity contribution in [1.29, 1.82) is 0 Å². The van der Waals surface area contributed by atoms with Crippen LogP contribution in [0.25, 0.3) is 275 Å². The second-order valence-corrected chi connectivity index (χ2v) is 37.6. The Morgan fingerprint density at radius 3 is 0.925 bits per heavy atom. The zero-order valence-electron chi connectivity index (χ0n) is 71.7. The van der Waals surface area contributed by atoms with Gasteiger partial charge in [-0.2, -0.15) is 0 Å². The Bertz CT molecular complexity index is 10200. The van der Waals surface area contributed by atoms with Crippen molar-refractivity contribution in [2.45, 2.75) is 0 Å². The summed E-state index contributed by atoms with van der Waals surface area (Å²) in [7, 11) is 0. The van der Waals surface area contributed by atoms with Gasteiger partial charge in [0.15, 0.2) is 0 Å². The summed E-state index contributed by atoms with van der Waals surface area (Å²) in [5.74, 6) is 2.04. The molecule has 9 heterocycles. The van der Waals surface area contributed by atoms with Crippen LogP contribution in [0.2, 0.25) is 0 Å². The summed E-state index contributed by atoms with van der Waals surface area (Å²) < 4.78 is 14.7. The van der Waals surface area contributed by atoms with Crippen molar-refractivity contribution >= 4 is 247 Å². The molecule has 0 radical (unpaired) electrons. The maximum Gasteiger partial charge on any atom is 0.235 e. The Morgan fingerprint density at radius 2 is 0.478 bits per heavy atom. The van der Waals surface area contributed by atoms with Gasteiger partial charge in [0, 0.05) is 142 Å². The molecule has 30 rings (SSSR count). The SMILES string of the molecule is c1ccc(-c2cccc(-c3nc(-n4c5ccccc5c5c6sc7ccccc7c6c6ccccc6c54)nc4ccccc34)c2)cc1.c1ccc2c(-c3nc(-n4c5ccccc5c5c6sc7ccccc7c6c6ccccc6c54)nc4ccccc34)cccc2c1.c1ccc2cc(-c3nc(-n4c5ccccc5c5c6sc7ccccc7c6c6ccccc6c54)nc4ccccc34)ccc2c1. The molecule has 0 unspecified atom stereocenters. The molecule has 0 aliphatic rings. The van der Waals surface area contributed by atoms with Crippen LogP contribution in [-0.4, -0.2) is 43.6 Å². The third-order valence-electron chi connectivity index (χ3n) is 27.1. The first-order chi connectivity index (χ1) is 66.5. The Hall–Kier alpha value is -17.0. The first-order valence-electron chi connectivity index (χ1n) is 45.2. The predicted octanol–water partition coefficient (Wildman–Crippen LogP) is 33.7. The third kappa shape index (κ3) is 11.7. The number of para-hydroxylation sites is 6. The highest BCUT2D eigenvalue weighted by atomic mass is 32.1. The van der Waals surface area contributed by atoms with E-state index in [1.165, 1.54) is 152 Å². The summed E-state index contributed by atoms with van der Waals surface area (Å²) >= 11 is 5.64. The summed E-state index contributed by atoms with van der Waals surface area (Å²) in [6, 6.07) is 153. The van der Waals surface area contributed by atoms with Crippen molar-refractivity contribution in [3.63, 3.8) is 0 Å². The molecule has 0 bridgehead atoms. The molecule has 0 aliphatic heterocycles. The van der Waals surface area contributed by atoms with Gasteiger partial charge in [-0.05, 0) is 116 Å². The molecule has 0 N–H and O–H groups in total. The number of hydrogen-bond acceptors (Lipinski definition) is 9. The molecule has 622 valence electrons. The minimum Gasteiger partial charge on any atom is -0.277 e. The van der Waals surface area contributed by atoms with E-state index >= 15 is 0 Å². The van der Waals surface area contributed by atoms with Gasteiger partial charge in [-0.1, -0.05) is 364 Å². The van der Waals surface area contributed by atoms with Gasteiger partial charge in [-0.25, -0.2) is 29.9 Å². The molecule has 0 spiro atoms. The molecule has 9 aromatic heterocycles. The van der Waals surface area contributed by atoms with Crippen molar-refractivity contribution in [2.24, 2.45) is 0 Å². The molecule has 0 amide bonds. The summed E-state index contributed by atoms with van der Waals surface area (Å²) in [5.41, 5.74) is 18.0. The summed E-state index contributed by atoms with van der Waals surface area (Å²) in [4.78, 5) is 32.1. The van der Waals surface area contributed by atoms with Gasteiger partial charge >= 0.3 is 0 Å². The molecule has 0 fully saturated rings. The van der Waals surface area contributed by atoms with Crippen LogP contribution in [-0.2, 0) is 0 Å². The van der Waals surface area contributed by atoms with Crippen LogP contribution < -0.4 is 0 Å². The smallest absolute Gasteiger partial charge is 0.235 e. The van der Waals surface area contributed by atoms with E-state index in [0.717, 1.165) is 105 Å². The average Bonchev–Trinajstić information content (AvgIpc) is 1.54. The maximum absolute atomic E-state index is 5.45. The number of thiophene rings is 3. The Balaban J connectivity index is 0.000000100. The fourth-order valence-corrected chi connectivity index (χ4v) is 25.2. The number of aromatic nitrogens is 9. The largest absolute Gasteiger partial charge is 0.277 e. The normalized spacial score (nSPS) is 12.0. The van der Waals surface area contributed by atoms with E-state index in [-0.39, 0.29) is 0 Å². The van der Waals surface area contributed by atoms with Gasteiger partial charge in [0.25, 0.3) is 0 Å². The lowest BCUT2D eigenvalue weighted by Gasteiger charge is -2.14. The molecule has 12 heteroatoms. The Kier molecular flexibility index (Phi) is 17.2. The van der Waals surface area contributed by atoms with Gasteiger partial charge in [-0.3, -0.25) is 13.7 Å². The van der Waals surface area contributed by atoms with Crippen molar-refractivity contribution < 1.29 is 0 Å². The first-order valence-corrected chi connectivity index (χ1v) is 47.7. The number of fused-ring (bicyclic) bond motifs is 35. The Labute approximate surface area is 777 Å². The summed E-state index contributed by atoms with van der Waals surface area (Å²) in [6.07, 6.45) is 0. The molecule has 21 aromatic carbocycles. The van der Waals surface area contributed by atoms with Crippen LogP contribution in [0.3, 0.4) is 0 Å². The molecule has 0 atom stereocenters. The Morgan fingerprint density at radius 1 is 0.172 bits per heavy atom. The maximum atomic E-state index is 5.45. The average molecular weight is 1760 g/mol. The predicted molar refractivity (Wildman–Crippen MR) is 570 cm³/mol. The molecule has 9 nitrogen and oxygen atoms in total. The van der Waals surface area contributed by atoms with Gasteiger partial charge in [0.05, 0.1) is 66.7 Å². The molecule has 0 saturated carbocycles. The summed E-state index contributed by atoms with van der Waals surface area (Å²) in [6.45, 7) is 0. The number of hydrogen-bond donors (Lipinski definition) is 0. The fraction of sp³-hybridized carbons (Fsp3) is 0. The highest BCUT2D eigenvalue weighted by Gasteiger charge is 2.29. The van der Waals surface area contributed by atoms with Gasteiger partial charge in [0.2, 0.25) is 17.8 Å². The van der Waals surface area contributed by atoms with Gasteiger partial charge in [0.1, 0.15) is 0 Å². The van der Waals surface area contributed by atoms with Crippen LogP contribution in [0, 0.1) is 0 Å². The van der Waals surface area contributed by atoms with E-state index in [4.69, 9.17) is 29.9 Å². The highest BCUT2D eigenvalue weighted by Crippen LogP contribution is 2.53.